The fourth-order valence-electron chi connectivity index (χ4n) is 3.69. The highest BCUT2D eigenvalue weighted by Gasteiger charge is 2.36. The average molecular weight is 566 g/mol. The number of hydrogen-bond acceptors (Lipinski definition) is 6. The molecule has 10 heteroatoms. The summed E-state index contributed by atoms with van der Waals surface area (Å²) in [5.74, 6) is 0.699. The molecule has 34 heavy (non-hydrogen) atoms. The Morgan fingerprint density at radius 2 is 2.06 bits per heavy atom. The number of nitrogens with one attached hydrogen (secondary N) is 1. The molecule has 0 bridgehead atoms. The smallest absolute Gasteiger partial charge is 0.338 e. The SMILES string of the molecule is CCCCOC(=O)C1=C(C)Nc2ncnn2C1c1cc(Br)ccc1OCc1ccc(Cl)cc1Cl. The third-order valence-corrected chi connectivity index (χ3v) is 6.49. The molecule has 1 N–H and O–H groups in total. The Balaban J connectivity index is 1.73. The van der Waals surface area contributed by atoms with E-state index in [0.29, 0.717) is 39.6 Å². The van der Waals surface area contributed by atoms with Crippen molar-refractivity contribution in [3.8, 4) is 5.75 Å². The summed E-state index contributed by atoms with van der Waals surface area (Å²) in [6.45, 7) is 4.44. The number of carbonyl (C=O) groups excluding carboxylic acids is 1. The van der Waals surface area contributed by atoms with Crippen molar-refractivity contribution in [1.29, 1.82) is 0 Å². The van der Waals surface area contributed by atoms with Gasteiger partial charge < -0.3 is 14.8 Å². The molecule has 4 rings (SSSR count). The largest absolute Gasteiger partial charge is 0.488 e. The number of ether oxygens (including phenoxy) is 2. The van der Waals surface area contributed by atoms with Gasteiger partial charge in [0.05, 0.1) is 12.2 Å². The number of fused-ring (bicyclic) bond motifs is 1. The highest BCUT2D eigenvalue weighted by molar-refractivity contribution is 9.10. The Kier molecular flexibility index (Phi) is 7.80. The molecule has 2 aromatic carbocycles. The van der Waals surface area contributed by atoms with Gasteiger partial charge in [0.25, 0.3) is 0 Å². The Labute approximate surface area is 216 Å². The van der Waals surface area contributed by atoms with Crippen LogP contribution in [0.2, 0.25) is 10.0 Å². The van der Waals surface area contributed by atoms with E-state index >= 15 is 0 Å². The monoisotopic (exact) mass is 564 g/mol. The molecule has 1 unspecified atom stereocenters. The number of rotatable bonds is 8. The van der Waals surface area contributed by atoms with E-state index < -0.39 is 12.0 Å². The number of hydrogen-bond donors (Lipinski definition) is 1. The van der Waals surface area contributed by atoms with Gasteiger partial charge in [-0.25, -0.2) is 9.48 Å². The maximum atomic E-state index is 13.2. The van der Waals surface area contributed by atoms with Gasteiger partial charge in [-0.15, -0.1) is 0 Å². The first-order chi connectivity index (χ1) is 16.4. The molecule has 3 aromatic rings. The molecule has 2 heterocycles. The summed E-state index contributed by atoms with van der Waals surface area (Å²) in [4.78, 5) is 17.5. The fraction of sp³-hybridized carbons (Fsp3) is 0.292. The van der Waals surface area contributed by atoms with E-state index in [9.17, 15) is 4.79 Å². The summed E-state index contributed by atoms with van der Waals surface area (Å²) >= 11 is 15.9. The van der Waals surface area contributed by atoms with Gasteiger partial charge in [0, 0.05) is 31.3 Å². The van der Waals surface area contributed by atoms with Gasteiger partial charge in [-0.05, 0) is 43.7 Å². The van der Waals surface area contributed by atoms with Gasteiger partial charge in [0.2, 0.25) is 5.95 Å². The molecule has 1 aliphatic heterocycles. The van der Waals surface area contributed by atoms with E-state index in [2.05, 4.69) is 31.3 Å². The quantitative estimate of drug-likeness (QED) is 0.246. The molecule has 0 aliphatic carbocycles. The van der Waals surface area contributed by atoms with Crippen LogP contribution >= 0.6 is 39.1 Å². The predicted molar refractivity (Wildman–Crippen MR) is 135 cm³/mol. The standard InChI is InChI=1S/C24H23BrCl2N4O3/c1-3-4-9-33-23(32)21-14(2)30-24-28-13-29-31(24)22(21)18-10-16(25)6-8-20(18)34-12-15-5-7-17(26)11-19(15)27/h5-8,10-11,13,22H,3-4,9,12H2,1-2H3,(H,28,29,30). The molecule has 1 aromatic heterocycles. The molecule has 1 atom stereocenters. The second kappa shape index (κ2) is 10.8. The van der Waals surface area contributed by atoms with Crippen LogP contribution in [0.4, 0.5) is 5.95 Å². The van der Waals surface area contributed by atoms with E-state index in [1.165, 1.54) is 6.33 Å². The maximum Gasteiger partial charge on any atom is 0.338 e. The lowest BCUT2D eigenvalue weighted by Gasteiger charge is -2.29. The highest BCUT2D eigenvalue weighted by Crippen LogP contribution is 2.40. The number of esters is 1. The van der Waals surface area contributed by atoms with Gasteiger partial charge in [0.15, 0.2) is 0 Å². The molecule has 0 saturated carbocycles. The first kappa shape index (κ1) is 24.6. The van der Waals surface area contributed by atoms with Crippen molar-refractivity contribution in [2.75, 3.05) is 11.9 Å². The second-order valence-corrected chi connectivity index (χ2v) is 9.55. The van der Waals surface area contributed by atoms with Crippen LogP contribution in [0.15, 0.2) is 58.5 Å². The Bertz CT molecular complexity index is 1240. The van der Waals surface area contributed by atoms with Gasteiger partial charge >= 0.3 is 5.97 Å². The van der Waals surface area contributed by atoms with Crippen LogP contribution in [-0.2, 0) is 16.1 Å². The summed E-state index contributed by atoms with van der Waals surface area (Å²) in [5, 5.41) is 8.61. The van der Waals surface area contributed by atoms with Crippen LogP contribution in [0, 0.1) is 0 Å². The summed E-state index contributed by atoms with van der Waals surface area (Å²) in [7, 11) is 0. The number of unbranched alkanes of at least 4 members (excludes halogenated alkanes) is 1. The zero-order valence-corrected chi connectivity index (χ0v) is 21.7. The van der Waals surface area contributed by atoms with Gasteiger partial charge in [-0.2, -0.15) is 10.1 Å². The third kappa shape index (κ3) is 5.24. The van der Waals surface area contributed by atoms with Crippen molar-refractivity contribution in [2.24, 2.45) is 0 Å². The van der Waals surface area contributed by atoms with E-state index in [-0.39, 0.29) is 6.61 Å². The summed E-state index contributed by atoms with van der Waals surface area (Å²) in [5.41, 5.74) is 2.62. The first-order valence-electron chi connectivity index (χ1n) is 10.8. The number of allylic oxidation sites excluding steroid dienone is 1. The van der Waals surface area contributed by atoms with Gasteiger partial charge in [-0.3, -0.25) is 0 Å². The van der Waals surface area contributed by atoms with Gasteiger partial charge in [-0.1, -0.05) is 58.5 Å². The minimum absolute atomic E-state index is 0.221. The molecule has 0 spiro atoms. The number of carbonyl (C=O) groups is 1. The molecule has 178 valence electrons. The maximum absolute atomic E-state index is 13.2. The van der Waals surface area contributed by atoms with E-state index in [1.807, 2.05) is 38.1 Å². The van der Waals surface area contributed by atoms with Crippen molar-refractivity contribution in [1.82, 2.24) is 14.8 Å². The molecule has 0 saturated heterocycles. The van der Waals surface area contributed by atoms with Crippen LogP contribution in [0.5, 0.6) is 5.75 Å². The lowest BCUT2D eigenvalue weighted by atomic mass is 9.95. The van der Waals surface area contributed by atoms with Crippen LogP contribution in [0.3, 0.4) is 0 Å². The van der Waals surface area contributed by atoms with Crippen molar-refractivity contribution >= 4 is 51.0 Å². The van der Waals surface area contributed by atoms with Crippen LogP contribution < -0.4 is 10.1 Å². The Hall–Kier alpha value is -2.55. The van der Waals surface area contributed by atoms with E-state index in [1.54, 1.807) is 16.8 Å². The van der Waals surface area contributed by atoms with Crippen LogP contribution in [-0.4, -0.2) is 27.3 Å². The summed E-state index contributed by atoms with van der Waals surface area (Å²) in [6.07, 6.45) is 3.16. The summed E-state index contributed by atoms with van der Waals surface area (Å²) < 4.78 is 14.3. The van der Waals surface area contributed by atoms with E-state index in [4.69, 9.17) is 32.7 Å². The molecule has 1 aliphatic rings. The zero-order valence-electron chi connectivity index (χ0n) is 18.6. The number of nitrogens with zero attached hydrogens (tertiary/aromatic N) is 3. The Morgan fingerprint density at radius 1 is 1.24 bits per heavy atom. The minimum atomic E-state index is -0.596. The lowest BCUT2D eigenvalue weighted by Crippen LogP contribution is -2.30. The van der Waals surface area contributed by atoms with E-state index in [0.717, 1.165) is 28.4 Å². The molecule has 0 radical (unpaired) electrons. The summed E-state index contributed by atoms with van der Waals surface area (Å²) in [6, 6.07) is 10.3. The molecule has 0 fully saturated rings. The molecular formula is C24H23BrCl2N4O3. The minimum Gasteiger partial charge on any atom is -0.488 e. The fourth-order valence-corrected chi connectivity index (χ4v) is 4.53. The predicted octanol–water partition coefficient (Wildman–Crippen LogP) is 6.56. The average Bonchev–Trinajstić information content (AvgIpc) is 3.26. The highest BCUT2D eigenvalue weighted by atomic mass is 79.9. The van der Waals surface area contributed by atoms with Crippen LogP contribution in [0.25, 0.3) is 0 Å². The number of halogens is 3. The Morgan fingerprint density at radius 3 is 2.82 bits per heavy atom. The first-order valence-corrected chi connectivity index (χ1v) is 12.3. The normalized spacial score (nSPS) is 15.0. The van der Waals surface area contributed by atoms with Crippen molar-refractivity contribution in [2.45, 2.75) is 39.3 Å². The zero-order chi connectivity index (χ0) is 24.2. The van der Waals surface area contributed by atoms with Crippen molar-refractivity contribution in [3.05, 3.63) is 79.6 Å². The number of benzene rings is 2. The molecular weight excluding hydrogens is 543 g/mol. The van der Waals surface area contributed by atoms with Gasteiger partial charge in [0.1, 0.15) is 24.7 Å². The lowest BCUT2D eigenvalue weighted by molar-refractivity contribution is -0.139. The third-order valence-electron chi connectivity index (χ3n) is 5.41. The molecule has 0 amide bonds. The van der Waals surface area contributed by atoms with Crippen molar-refractivity contribution < 1.29 is 14.3 Å². The van der Waals surface area contributed by atoms with Crippen LogP contribution in [0.1, 0.15) is 43.9 Å². The topological polar surface area (TPSA) is 78.3 Å². The number of aromatic nitrogens is 3. The number of anilines is 1. The second-order valence-electron chi connectivity index (χ2n) is 7.79. The molecule has 7 nitrogen and oxygen atoms in total. The van der Waals surface area contributed by atoms with Crippen molar-refractivity contribution in [3.63, 3.8) is 0 Å².